The number of carbonyl (C=O) groups excluding carboxylic acids is 1. The van der Waals surface area contributed by atoms with Gasteiger partial charge in [0.1, 0.15) is 0 Å². The van der Waals surface area contributed by atoms with Crippen molar-refractivity contribution in [1.29, 1.82) is 0 Å². The van der Waals surface area contributed by atoms with E-state index in [-0.39, 0.29) is 24.5 Å². The lowest BCUT2D eigenvalue weighted by atomic mass is 10.0. The van der Waals surface area contributed by atoms with Crippen LogP contribution in [0.2, 0.25) is 0 Å². The van der Waals surface area contributed by atoms with Crippen molar-refractivity contribution in [2.75, 3.05) is 0 Å². The van der Waals surface area contributed by atoms with Crippen LogP contribution in [0.1, 0.15) is 38.9 Å². The van der Waals surface area contributed by atoms with Crippen molar-refractivity contribution in [1.82, 2.24) is 15.8 Å². The highest BCUT2D eigenvalue weighted by Crippen LogP contribution is 2.09. The molecule has 1 heterocycles. The lowest BCUT2D eigenvalue weighted by Gasteiger charge is -2.14. The molecule has 1 aromatic rings. The van der Waals surface area contributed by atoms with Gasteiger partial charge in [-0.1, -0.05) is 18.5 Å². The van der Waals surface area contributed by atoms with E-state index in [1.165, 1.54) is 6.20 Å². The monoisotopic (exact) mass is 283 g/mol. The van der Waals surface area contributed by atoms with Crippen LogP contribution < -0.4 is 10.6 Å². The van der Waals surface area contributed by atoms with E-state index in [1.54, 1.807) is 13.0 Å². The van der Waals surface area contributed by atoms with Crippen LogP contribution >= 0.6 is 0 Å². The minimum absolute atomic E-state index is 0.00859. The second kappa shape index (κ2) is 8.19. The third-order valence-corrected chi connectivity index (χ3v) is 2.99. The SMILES string of the molecule is CC(CCCC(C)C(=O)O)NC(=O)NCc1ccno1. The average Bonchev–Trinajstić information content (AvgIpc) is 2.89. The van der Waals surface area contributed by atoms with E-state index in [2.05, 4.69) is 15.8 Å². The van der Waals surface area contributed by atoms with Gasteiger partial charge in [-0.25, -0.2) is 4.79 Å². The van der Waals surface area contributed by atoms with Crippen LogP contribution in [0.5, 0.6) is 0 Å². The predicted octanol–water partition coefficient (Wildman–Crippen LogP) is 1.75. The minimum Gasteiger partial charge on any atom is -0.481 e. The van der Waals surface area contributed by atoms with E-state index >= 15 is 0 Å². The predicted molar refractivity (Wildman–Crippen MR) is 72.0 cm³/mol. The number of hydrogen-bond acceptors (Lipinski definition) is 4. The Morgan fingerprint density at radius 3 is 2.75 bits per heavy atom. The Bertz CT molecular complexity index is 419. The molecule has 0 saturated heterocycles. The van der Waals surface area contributed by atoms with Crippen LogP contribution in [0.3, 0.4) is 0 Å². The second-order valence-electron chi connectivity index (χ2n) is 4.88. The van der Waals surface area contributed by atoms with Crippen LogP contribution in [-0.4, -0.2) is 28.3 Å². The van der Waals surface area contributed by atoms with E-state index < -0.39 is 5.97 Å². The summed E-state index contributed by atoms with van der Waals surface area (Å²) in [6, 6.07) is 1.39. The largest absolute Gasteiger partial charge is 0.481 e. The van der Waals surface area contributed by atoms with Crippen LogP contribution in [0.4, 0.5) is 4.79 Å². The van der Waals surface area contributed by atoms with Crippen molar-refractivity contribution in [2.24, 2.45) is 5.92 Å². The number of carboxylic acids is 1. The topological polar surface area (TPSA) is 104 Å². The molecule has 0 fully saturated rings. The molecule has 0 radical (unpaired) electrons. The summed E-state index contributed by atoms with van der Waals surface area (Å²) in [7, 11) is 0. The van der Waals surface area contributed by atoms with Crippen LogP contribution in [0, 0.1) is 5.92 Å². The first kappa shape index (κ1) is 16.0. The summed E-state index contributed by atoms with van der Waals surface area (Å²) in [5.41, 5.74) is 0. The summed E-state index contributed by atoms with van der Waals surface area (Å²) in [4.78, 5) is 22.2. The number of hydrogen-bond donors (Lipinski definition) is 3. The summed E-state index contributed by atoms with van der Waals surface area (Å²) in [5, 5.41) is 17.7. The Morgan fingerprint density at radius 1 is 1.40 bits per heavy atom. The van der Waals surface area contributed by atoms with Crippen molar-refractivity contribution in [3.8, 4) is 0 Å². The van der Waals surface area contributed by atoms with Gasteiger partial charge in [-0.15, -0.1) is 0 Å². The Kier molecular flexibility index (Phi) is 6.55. The molecule has 7 nitrogen and oxygen atoms in total. The number of aliphatic carboxylic acids is 1. The molecule has 0 saturated carbocycles. The number of nitrogens with zero attached hydrogens (tertiary/aromatic N) is 1. The maximum Gasteiger partial charge on any atom is 0.315 e. The molecule has 0 bridgehead atoms. The number of aromatic nitrogens is 1. The zero-order valence-corrected chi connectivity index (χ0v) is 11.8. The minimum atomic E-state index is -0.782. The normalized spacial score (nSPS) is 13.5. The van der Waals surface area contributed by atoms with Crippen molar-refractivity contribution in [3.63, 3.8) is 0 Å². The summed E-state index contributed by atoms with van der Waals surface area (Å²) in [6.45, 7) is 3.86. The number of carboxylic acid groups (broad SMARTS) is 1. The highest BCUT2D eigenvalue weighted by molar-refractivity contribution is 5.74. The summed E-state index contributed by atoms with van der Waals surface area (Å²) >= 11 is 0. The first-order valence-electron chi connectivity index (χ1n) is 6.65. The number of carbonyl (C=O) groups is 2. The number of urea groups is 1. The molecule has 1 rings (SSSR count). The Hall–Kier alpha value is -2.05. The maximum atomic E-state index is 11.6. The highest BCUT2D eigenvalue weighted by Gasteiger charge is 2.12. The lowest BCUT2D eigenvalue weighted by molar-refractivity contribution is -0.141. The zero-order valence-electron chi connectivity index (χ0n) is 11.8. The highest BCUT2D eigenvalue weighted by atomic mass is 16.5. The van der Waals surface area contributed by atoms with Crippen molar-refractivity contribution < 1.29 is 19.2 Å². The van der Waals surface area contributed by atoms with E-state index in [0.29, 0.717) is 12.2 Å². The maximum absolute atomic E-state index is 11.6. The van der Waals surface area contributed by atoms with Gasteiger partial charge in [-0.3, -0.25) is 4.79 Å². The van der Waals surface area contributed by atoms with Crippen molar-refractivity contribution in [3.05, 3.63) is 18.0 Å². The molecule has 0 spiro atoms. The average molecular weight is 283 g/mol. The molecule has 112 valence electrons. The molecule has 20 heavy (non-hydrogen) atoms. The van der Waals surface area contributed by atoms with Crippen molar-refractivity contribution in [2.45, 2.75) is 45.7 Å². The third-order valence-electron chi connectivity index (χ3n) is 2.99. The summed E-state index contributed by atoms with van der Waals surface area (Å²) in [6.07, 6.45) is 3.63. The van der Waals surface area contributed by atoms with Gasteiger partial charge in [0.15, 0.2) is 5.76 Å². The molecule has 0 aromatic carbocycles. The molecule has 3 N–H and O–H groups in total. The second-order valence-corrected chi connectivity index (χ2v) is 4.88. The summed E-state index contributed by atoms with van der Waals surface area (Å²) < 4.78 is 4.85. The Balaban J connectivity index is 2.13. The van der Waals surface area contributed by atoms with Crippen molar-refractivity contribution >= 4 is 12.0 Å². The summed E-state index contributed by atoms with van der Waals surface area (Å²) in [5.74, 6) is -0.541. The van der Waals surface area contributed by atoms with Gasteiger partial charge in [-0.2, -0.15) is 0 Å². The fourth-order valence-electron chi connectivity index (χ4n) is 1.70. The van der Waals surface area contributed by atoms with Crippen LogP contribution in [0.25, 0.3) is 0 Å². The molecular weight excluding hydrogens is 262 g/mol. The van der Waals surface area contributed by atoms with Gasteiger partial charge in [-0.05, 0) is 19.8 Å². The molecule has 2 atom stereocenters. The van der Waals surface area contributed by atoms with Gasteiger partial charge in [0.2, 0.25) is 0 Å². The number of amides is 2. The zero-order chi connectivity index (χ0) is 15.0. The lowest BCUT2D eigenvalue weighted by Crippen LogP contribution is -2.40. The van der Waals surface area contributed by atoms with Gasteiger partial charge in [0, 0.05) is 12.1 Å². The quantitative estimate of drug-likeness (QED) is 0.674. The van der Waals surface area contributed by atoms with E-state index in [1.807, 2.05) is 6.92 Å². The van der Waals surface area contributed by atoms with E-state index in [4.69, 9.17) is 9.63 Å². The molecule has 0 aliphatic carbocycles. The molecule has 2 amide bonds. The Labute approximate surface area is 117 Å². The first-order valence-corrected chi connectivity index (χ1v) is 6.65. The Morgan fingerprint density at radius 2 is 2.15 bits per heavy atom. The smallest absolute Gasteiger partial charge is 0.315 e. The van der Waals surface area contributed by atoms with Gasteiger partial charge in [0.25, 0.3) is 0 Å². The molecule has 7 heteroatoms. The molecule has 0 aliphatic heterocycles. The molecule has 2 unspecified atom stereocenters. The van der Waals surface area contributed by atoms with Gasteiger partial charge >= 0.3 is 12.0 Å². The molecule has 0 aliphatic rings. The van der Waals surface area contributed by atoms with Gasteiger partial charge < -0.3 is 20.3 Å². The fraction of sp³-hybridized carbons (Fsp3) is 0.615. The van der Waals surface area contributed by atoms with Gasteiger partial charge in [0.05, 0.1) is 18.7 Å². The number of nitrogens with one attached hydrogen (secondary N) is 2. The van der Waals surface area contributed by atoms with Crippen LogP contribution in [-0.2, 0) is 11.3 Å². The standard InChI is InChI=1S/C13H21N3O4/c1-9(12(17)18)4-3-5-10(2)16-13(19)14-8-11-6-7-15-20-11/h6-7,9-10H,3-5,8H2,1-2H3,(H,17,18)(H2,14,16,19). The van der Waals surface area contributed by atoms with Crippen LogP contribution in [0.15, 0.2) is 16.8 Å². The van der Waals surface area contributed by atoms with E-state index in [9.17, 15) is 9.59 Å². The third kappa shape index (κ3) is 6.21. The fourth-order valence-corrected chi connectivity index (χ4v) is 1.70. The van der Waals surface area contributed by atoms with E-state index in [0.717, 1.165) is 12.8 Å². The molecule has 1 aromatic heterocycles. The number of rotatable bonds is 8. The first-order chi connectivity index (χ1) is 9.49. The molecular formula is C13H21N3O4.